The van der Waals surface area contributed by atoms with E-state index in [9.17, 15) is 4.39 Å². The molecule has 0 aromatic carbocycles. The molecular weight excluding hydrogens is 399 g/mol. The highest BCUT2D eigenvalue weighted by atomic mass is 79.9. The van der Waals surface area contributed by atoms with E-state index < -0.39 is 5.95 Å². The molecule has 1 saturated heterocycles. The van der Waals surface area contributed by atoms with Crippen molar-refractivity contribution in [2.75, 3.05) is 25.1 Å². The molecular formula is C19H19BrFN4O+. The van der Waals surface area contributed by atoms with E-state index in [0.29, 0.717) is 10.0 Å². The second-order valence-electron chi connectivity index (χ2n) is 5.79. The summed E-state index contributed by atoms with van der Waals surface area (Å²) in [6.45, 7) is 1.76. The SMILES string of the molecule is CO[NH2+]c1cccnc1N1CCC(=CC#Cc2ccnc(F)c2Br)CC1. The summed E-state index contributed by atoms with van der Waals surface area (Å²) in [5.74, 6) is 6.39. The predicted octanol–water partition coefficient (Wildman–Crippen LogP) is 2.71. The van der Waals surface area contributed by atoms with Crippen molar-refractivity contribution in [1.82, 2.24) is 9.97 Å². The Hall–Kier alpha value is -2.27. The molecule has 2 N–H and O–H groups in total. The van der Waals surface area contributed by atoms with E-state index in [-0.39, 0.29) is 0 Å². The molecule has 2 aromatic rings. The summed E-state index contributed by atoms with van der Waals surface area (Å²) in [5, 5.41) is 0. The van der Waals surface area contributed by atoms with Gasteiger partial charge in [-0.15, -0.1) is 0 Å². The van der Waals surface area contributed by atoms with Gasteiger partial charge in [0.05, 0.1) is 11.6 Å². The normalized spacial score (nSPS) is 14.0. The van der Waals surface area contributed by atoms with Gasteiger partial charge in [0.25, 0.3) is 0 Å². The minimum Gasteiger partial charge on any atom is -0.351 e. The number of hydrogen-bond acceptors (Lipinski definition) is 4. The Kier molecular flexibility index (Phi) is 6.34. The Morgan fingerprint density at radius 1 is 1.27 bits per heavy atom. The van der Waals surface area contributed by atoms with Crippen molar-refractivity contribution in [2.45, 2.75) is 12.8 Å². The van der Waals surface area contributed by atoms with Gasteiger partial charge in [-0.05, 0) is 47.0 Å². The van der Waals surface area contributed by atoms with Crippen LogP contribution in [-0.2, 0) is 4.84 Å². The van der Waals surface area contributed by atoms with E-state index >= 15 is 0 Å². The van der Waals surface area contributed by atoms with Gasteiger partial charge in [0.15, 0.2) is 5.82 Å². The molecule has 7 heteroatoms. The number of rotatable bonds is 3. The average Bonchev–Trinajstić information content (AvgIpc) is 2.67. The minimum atomic E-state index is -0.545. The number of pyridine rings is 2. The van der Waals surface area contributed by atoms with Gasteiger partial charge in [0, 0.05) is 37.1 Å². The quantitative estimate of drug-likeness (QED) is 0.473. The van der Waals surface area contributed by atoms with Crippen molar-refractivity contribution in [3.8, 4) is 11.8 Å². The molecule has 5 nitrogen and oxygen atoms in total. The molecule has 1 aliphatic heterocycles. The number of hydrogen-bond donors (Lipinski definition) is 1. The van der Waals surface area contributed by atoms with Gasteiger partial charge in [-0.2, -0.15) is 9.87 Å². The van der Waals surface area contributed by atoms with Gasteiger partial charge in [0.1, 0.15) is 0 Å². The van der Waals surface area contributed by atoms with Gasteiger partial charge in [-0.1, -0.05) is 17.4 Å². The van der Waals surface area contributed by atoms with E-state index in [0.717, 1.165) is 37.4 Å². The molecule has 0 saturated carbocycles. The zero-order valence-corrected chi connectivity index (χ0v) is 16.0. The number of anilines is 1. The van der Waals surface area contributed by atoms with Gasteiger partial charge >= 0.3 is 0 Å². The maximum Gasteiger partial charge on any atom is 0.228 e. The first-order chi connectivity index (χ1) is 12.7. The van der Waals surface area contributed by atoms with E-state index in [1.54, 1.807) is 24.9 Å². The highest BCUT2D eigenvalue weighted by Gasteiger charge is 2.19. The van der Waals surface area contributed by atoms with Crippen molar-refractivity contribution in [1.29, 1.82) is 0 Å². The number of allylic oxidation sites excluding steroid dienone is 1. The zero-order valence-electron chi connectivity index (χ0n) is 14.4. The number of aromatic nitrogens is 2. The van der Waals surface area contributed by atoms with Crippen LogP contribution in [0.15, 0.2) is 46.7 Å². The van der Waals surface area contributed by atoms with E-state index in [2.05, 4.69) is 42.6 Å². The van der Waals surface area contributed by atoms with Crippen LogP contribution >= 0.6 is 15.9 Å². The lowest BCUT2D eigenvalue weighted by Gasteiger charge is -2.29. The zero-order chi connectivity index (χ0) is 18.4. The van der Waals surface area contributed by atoms with Gasteiger partial charge in [-0.25, -0.2) is 14.8 Å². The topological polar surface area (TPSA) is 54.9 Å². The number of nitrogens with two attached hydrogens (primary N) is 1. The molecule has 0 bridgehead atoms. The fraction of sp³-hybridized carbons (Fsp3) is 0.263. The van der Waals surface area contributed by atoms with Crippen LogP contribution in [0.25, 0.3) is 0 Å². The third-order valence-electron chi connectivity index (χ3n) is 4.10. The van der Waals surface area contributed by atoms with E-state index in [4.69, 9.17) is 4.84 Å². The molecule has 0 radical (unpaired) electrons. The summed E-state index contributed by atoms with van der Waals surface area (Å²) in [5.41, 5.74) is 4.57. The van der Waals surface area contributed by atoms with Crippen molar-refractivity contribution < 1.29 is 14.7 Å². The molecule has 0 aliphatic carbocycles. The summed E-state index contributed by atoms with van der Waals surface area (Å²) in [6, 6.07) is 5.59. The molecule has 0 unspecified atom stereocenters. The van der Waals surface area contributed by atoms with Crippen molar-refractivity contribution in [2.24, 2.45) is 0 Å². The molecule has 0 spiro atoms. The highest BCUT2D eigenvalue weighted by Crippen LogP contribution is 2.24. The molecule has 1 fully saturated rings. The molecule has 134 valence electrons. The average molecular weight is 418 g/mol. The fourth-order valence-electron chi connectivity index (χ4n) is 2.77. The van der Waals surface area contributed by atoms with Gasteiger partial charge < -0.3 is 4.90 Å². The minimum absolute atomic E-state index is 0.304. The fourth-order valence-corrected chi connectivity index (χ4v) is 3.11. The van der Waals surface area contributed by atoms with E-state index in [1.807, 2.05) is 18.2 Å². The summed E-state index contributed by atoms with van der Waals surface area (Å²) in [6.07, 6.45) is 6.98. The summed E-state index contributed by atoms with van der Waals surface area (Å²) >= 11 is 3.17. The first-order valence-electron chi connectivity index (χ1n) is 8.24. The lowest BCUT2D eigenvalue weighted by Crippen LogP contribution is -2.76. The third-order valence-corrected chi connectivity index (χ3v) is 4.85. The van der Waals surface area contributed by atoms with Crippen LogP contribution in [0.2, 0.25) is 0 Å². The van der Waals surface area contributed by atoms with Crippen LogP contribution in [0.3, 0.4) is 0 Å². The second kappa shape index (κ2) is 8.90. The van der Waals surface area contributed by atoms with Crippen molar-refractivity contribution in [3.05, 3.63) is 58.2 Å². The monoisotopic (exact) mass is 417 g/mol. The van der Waals surface area contributed by atoms with Crippen molar-refractivity contribution in [3.63, 3.8) is 0 Å². The molecule has 3 heterocycles. The maximum absolute atomic E-state index is 13.4. The van der Waals surface area contributed by atoms with Crippen LogP contribution in [0.5, 0.6) is 0 Å². The van der Waals surface area contributed by atoms with Crippen LogP contribution < -0.4 is 10.4 Å². The molecule has 0 atom stereocenters. The number of piperidine rings is 1. The Balaban J connectivity index is 1.65. The predicted molar refractivity (Wildman–Crippen MR) is 101 cm³/mol. The van der Waals surface area contributed by atoms with Crippen LogP contribution in [0, 0.1) is 17.8 Å². The summed E-state index contributed by atoms with van der Waals surface area (Å²) in [4.78, 5) is 15.5. The molecule has 3 rings (SSSR count). The maximum atomic E-state index is 13.4. The van der Waals surface area contributed by atoms with Gasteiger partial charge in [-0.3, -0.25) is 0 Å². The van der Waals surface area contributed by atoms with Crippen LogP contribution in [0.4, 0.5) is 15.9 Å². The first kappa shape index (κ1) is 18.5. The Labute approximate surface area is 160 Å². The Bertz CT molecular complexity index is 865. The largest absolute Gasteiger partial charge is 0.351 e. The van der Waals surface area contributed by atoms with Crippen LogP contribution in [-0.4, -0.2) is 30.2 Å². The summed E-state index contributed by atoms with van der Waals surface area (Å²) < 4.78 is 13.7. The lowest BCUT2D eigenvalue weighted by atomic mass is 10.0. The smallest absolute Gasteiger partial charge is 0.228 e. The first-order valence-corrected chi connectivity index (χ1v) is 9.04. The third kappa shape index (κ3) is 4.47. The van der Waals surface area contributed by atoms with Crippen molar-refractivity contribution >= 4 is 27.4 Å². The second-order valence-corrected chi connectivity index (χ2v) is 6.59. The number of nitrogens with zero attached hydrogens (tertiary/aromatic N) is 3. The highest BCUT2D eigenvalue weighted by molar-refractivity contribution is 9.10. The lowest BCUT2D eigenvalue weighted by molar-refractivity contribution is -0.829. The molecule has 0 amide bonds. The Morgan fingerprint density at radius 3 is 2.85 bits per heavy atom. The molecule has 26 heavy (non-hydrogen) atoms. The summed E-state index contributed by atoms with van der Waals surface area (Å²) in [7, 11) is 1.64. The molecule has 1 aliphatic rings. The number of quaternary nitrogens is 1. The molecule has 2 aromatic heterocycles. The van der Waals surface area contributed by atoms with Crippen LogP contribution in [0.1, 0.15) is 18.4 Å². The van der Waals surface area contributed by atoms with Gasteiger partial charge in [0.2, 0.25) is 11.6 Å². The van der Waals surface area contributed by atoms with E-state index in [1.165, 1.54) is 11.8 Å². The standard InChI is InChI=1S/C19H18BrFN4O/c1-26-24-16-6-3-10-23-19(16)25-12-8-14(9-13-25)4-2-5-15-7-11-22-18(21)17(15)20/h3-4,6-7,10-11,24H,8-9,12-13H2,1H3/p+1. The number of halogens is 2. The Morgan fingerprint density at radius 2 is 2.08 bits per heavy atom.